The third kappa shape index (κ3) is 4.44. The van der Waals surface area contributed by atoms with Crippen molar-refractivity contribution in [2.75, 3.05) is 0 Å². The molecule has 2 aromatic carbocycles. The number of amides is 1. The van der Waals surface area contributed by atoms with E-state index in [0.717, 1.165) is 5.56 Å². The summed E-state index contributed by atoms with van der Waals surface area (Å²) in [6.45, 7) is 0.371. The molecule has 4 rings (SSSR count). The zero-order valence-electron chi connectivity index (χ0n) is 16.3. The van der Waals surface area contributed by atoms with Crippen molar-refractivity contribution in [3.8, 4) is 11.4 Å². The van der Waals surface area contributed by atoms with E-state index in [1.807, 2.05) is 18.2 Å². The summed E-state index contributed by atoms with van der Waals surface area (Å²) in [5.74, 6) is -0.171. The number of benzene rings is 2. The largest absolute Gasteiger partial charge is 0.352 e. The van der Waals surface area contributed by atoms with Crippen LogP contribution in [0.2, 0.25) is 5.02 Å². The maximum atomic E-state index is 13.2. The van der Waals surface area contributed by atoms with Gasteiger partial charge in [0, 0.05) is 28.6 Å². The lowest BCUT2D eigenvalue weighted by atomic mass is 9.98. The van der Waals surface area contributed by atoms with Crippen molar-refractivity contribution in [2.45, 2.75) is 32.2 Å². The molecule has 30 heavy (non-hydrogen) atoms. The SMILES string of the molecule is O=C(NCc1ccccc1Cl)C1CCc2nc(-c3ccc(F)cc3)[nH]c(=O)c2CC1. The number of carbonyl (C=O) groups excluding carboxylic acids is 1. The van der Waals surface area contributed by atoms with Gasteiger partial charge in [-0.05, 0) is 61.6 Å². The van der Waals surface area contributed by atoms with Crippen molar-refractivity contribution in [1.82, 2.24) is 15.3 Å². The van der Waals surface area contributed by atoms with Gasteiger partial charge in [-0.15, -0.1) is 0 Å². The molecule has 1 aliphatic carbocycles. The number of carbonyl (C=O) groups is 1. The molecule has 0 aliphatic heterocycles. The first-order valence-electron chi connectivity index (χ1n) is 9.90. The topological polar surface area (TPSA) is 74.8 Å². The van der Waals surface area contributed by atoms with E-state index < -0.39 is 0 Å². The molecule has 7 heteroatoms. The summed E-state index contributed by atoms with van der Waals surface area (Å²) >= 11 is 6.15. The number of H-pyrrole nitrogens is 1. The Morgan fingerprint density at radius 2 is 1.87 bits per heavy atom. The van der Waals surface area contributed by atoms with Crippen LogP contribution < -0.4 is 10.9 Å². The number of nitrogens with one attached hydrogen (secondary N) is 2. The molecule has 1 aromatic heterocycles. The van der Waals surface area contributed by atoms with Crippen LogP contribution in [0.25, 0.3) is 11.4 Å². The van der Waals surface area contributed by atoms with Crippen LogP contribution >= 0.6 is 11.6 Å². The van der Waals surface area contributed by atoms with Crippen LogP contribution in [0.3, 0.4) is 0 Å². The highest BCUT2D eigenvalue weighted by Gasteiger charge is 2.25. The van der Waals surface area contributed by atoms with E-state index >= 15 is 0 Å². The van der Waals surface area contributed by atoms with Crippen LogP contribution in [0.1, 0.15) is 29.7 Å². The minimum absolute atomic E-state index is 0.0436. The Morgan fingerprint density at radius 3 is 2.63 bits per heavy atom. The van der Waals surface area contributed by atoms with Gasteiger partial charge >= 0.3 is 0 Å². The second-order valence-electron chi connectivity index (χ2n) is 7.43. The Hall–Kier alpha value is -2.99. The van der Waals surface area contributed by atoms with Crippen LogP contribution in [0.5, 0.6) is 0 Å². The van der Waals surface area contributed by atoms with Gasteiger partial charge in [0.2, 0.25) is 5.91 Å². The van der Waals surface area contributed by atoms with E-state index in [9.17, 15) is 14.0 Å². The summed E-state index contributed by atoms with van der Waals surface area (Å²) in [7, 11) is 0. The summed E-state index contributed by atoms with van der Waals surface area (Å²) in [4.78, 5) is 32.7. The second kappa shape index (κ2) is 8.79. The molecule has 2 N–H and O–H groups in total. The number of nitrogens with zero attached hydrogens (tertiary/aromatic N) is 1. The van der Waals surface area contributed by atoms with Gasteiger partial charge in [-0.3, -0.25) is 9.59 Å². The van der Waals surface area contributed by atoms with Crippen molar-refractivity contribution >= 4 is 17.5 Å². The summed E-state index contributed by atoms with van der Waals surface area (Å²) in [6, 6.07) is 13.2. The first kappa shape index (κ1) is 20.3. The van der Waals surface area contributed by atoms with Gasteiger partial charge in [-0.1, -0.05) is 29.8 Å². The summed E-state index contributed by atoms with van der Waals surface area (Å²) in [5, 5.41) is 3.58. The standard InChI is InChI=1S/C23H21ClFN3O2/c24-19-4-2-1-3-16(19)13-26-22(29)15-7-11-18-20(12-8-15)27-21(28-23(18)30)14-5-9-17(25)10-6-14/h1-6,9-10,15H,7-8,11-13H2,(H,26,29)(H,27,28,30). The summed E-state index contributed by atoms with van der Waals surface area (Å²) in [6.07, 6.45) is 2.23. The number of rotatable bonds is 4. The maximum absolute atomic E-state index is 13.2. The molecule has 0 saturated heterocycles. The number of halogens is 2. The van der Waals surface area contributed by atoms with Gasteiger partial charge < -0.3 is 10.3 Å². The molecule has 0 radical (unpaired) electrons. The van der Waals surface area contributed by atoms with Gasteiger partial charge in [0.1, 0.15) is 11.6 Å². The lowest BCUT2D eigenvalue weighted by Gasteiger charge is -2.14. The maximum Gasteiger partial charge on any atom is 0.254 e. The van der Waals surface area contributed by atoms with Crippen LogP contribution in [-0.2, 0) is 24.2 Å². The fourth-order valence-electron chi connectivity index (χ4n) is 3.76. The zero-order valence-corrected chi connectivity index (χ0v) is 17.0. The molecule has 1 amide bonds. The van der Waals surface area contributed by atoms with E-state index in [1.165, 1.54) is 12.1 Å². The van der Waals surface area contributed by atoms with Crippen molar-refractivity contribution in [3.05, 3.63) is 86.5 Å². The monoisotopic (exact) mass is 425 g/mol. The third-order valence-electron chi connectivity index (χ3n) is 5.47. The number of aromatic amines is 1. The first-order chi connectivity index (χ1) is 14.5. The van der Waals surface area contributed by atoms with E-state index in [4.69, 9.17) is 11.6 Å². The number of aryl methyl sites for hydroxylation is 1. The van der Waals surface area contributed by atoms with E-state index in [2.05, 4.69) is 15.3 Å². The highest BCUT2D eigenvalue weighted by molar-refractivity contribution is 6.31. The molecular formula is C23H21ClFN3O2. The van der Waals surface area contributed by atoms with Crippen molar-refractivity contribution in [1.29, 1.82) is 0 Å². The normalized spacial score (nSPS) is 15.9. The van der Waals surface area contributed by atoms with Gasteiger partial charge in [0.05, 0.1) is 5.69 Å². The van der Waals surface area contributed by atoms with Gasteiger partial charge in [-0.2, -0.15) is 0 Å². The Labute approximate surface area is 178 Å². The van der Waals surface area contributed by atoms with E-state index in [-0.39, 0.29) is 23.2 Å². The first-order valence-corrected chi connectivity index (χ1v) is 10.3. The van der Waals surface area contributed by atoms with E-state index in [1.54, 1.807) is 18.2 Å². The average molecular weight is 426 g/mol. The minimum Gasteiger partial charge on any atom is -0.352 e. The Morgan fingerprint density at radius 1 is 1.13 bits per heavy atom. The van der Waals surface area contributed by atoms with Crippen LogP contribution in [0, 0.1) is 11.7 Å². The molecule has 3 aromatic rings. The number of hydrogen-bond donors (Lipinski definition) is 2. The molecule has 5 nitrogen and oxygen atoms in total. The Kier molecular flexibility index (Phi) is 5.95. The van der Waals surface area contributed by atoms with Crippen LogP contribution in [-0.4, -0.2) is 15.9 Å². The molecule has 0 fully saturated rings. The van der Waals surface area contributed by atoms with E-state index in [0.29, 0.717) is 59.9 Å². The lowest BCUT2D eigenvalue weighted by Crippen LogP contribution is -2.30. The predicted octanol–water partition coefficient (Wildman–Crippen LogP) is 4.04. The third-order valence-corrected chi connectivity index (χ3v) is 5.84. The lowest BCUT2D eigenvalue weighted by molar-refractivity contribution is -0.125. The fourth-order valence-corrected chi connectivity index (χ4v) is 3.96. The quantitative estimate of drug-likeness (QED) is 0.619. The van der Waals surface area contributed by atoms with Crippen LogP contribution in [0.4, 0.5) is 4.39 Å². The minimum atomic E-state index is -0.346. The number of aromatic nitrogens is 2. The molecule has 1 unspecified atom stereocenters. The molecule has 1 atom stereocenters. The fraction of sp³-hybridized carbons (Fsp3) is 0.261. The number of hydrogen-bond acceptors (Lipinski definition) is 3. The Bertz CT molecular complexity index is 1130. The van der Waals surface area contributed by atoms with Crippen molar-refractivity contribution < 1.29 is 9.18 Å². The highest BCUT2D eigenvalue weighted by Crippen LogP contribution is 2.24. The average Bonchev–Trinajstić information content (AvgIpc) is 2.97. The molecule has 1 aliphatic rings. The highest BCUT2D eigenvalue weighted by atomic mass is 35.5. The molecular weight excluding hydrogens is 405 g/mol. The van der Waals surface area contributed by atoms with Gasteiger partial charge in [0.15, 0.2) is 0 Å². The van der Waals surface area contributed by atoms with Crippen molar-refractivity contribution in [2.24, 2.45) is 5.92 Å². The summed E-state index contributed by atoms with van der Waals surface area (Å²) < 4.78 is 13.2. The predicted molar refractivity (Wildman–Crippen MR) is 114 cm³/mol. The van der Waals surface area contributed by atoms with Gasteiger partial charge in [0.25, 0.3) is 5.56 Å². The number of fused-ring (bicyclic) bond motifs is 1. The molecule has 0 bridgehead atoms. The molecule has 0 saturated carbocycles. The van der Waals surface area contributed by atoms with Crippen LogP contribution in [0.15, 0.2) is 53.3 Å². The molecule has 0 spiro atoms. The second-order valence-corrected chi connectivity index (χ2v) is 7.84. The summed E-state index contributed by atoms with van der Waals surface area (Å²) in [5.41, 5.74) is 2.65. The molecule has 1 heterocycles. The van der Waals surface area contributed by atoms with Gasteiger partial charge in [-0.25, -0.2) is 9.37 Å². The Balaban J connectivity index is 1.47. The molecule has 154 valence electrons. The zero-order chi connectivity index (χ0) is 21.1. The van der Waals surface area contributed by atoms with Crippen molar-refractivity contribution in [3.63, 3.8) is 0 Å². The smallest absolute Gasteiger partial charge is 0.254 e.